The summed E-state index contributed by atoms with van der Waals surface area (Å²) in [5, 5.41) is 0. The minimum Gasteiger partial charge on any atom is -0.344 e. The van der Waals surface area contributed by atoms with E-state index in [-0.39, 0.29) is 6.15 Å². The van der Waals surface area contributed by atoms with E-state index in [0.29, 0.717) is 6.61 Å². The van der Waals surface area contributed by atoms with Gasteiger partial charge in [-0.3, -0.25) is 0 Å². The second kappa shape index (κ2) is 2.68. The lowest BCUT2D eigenvalue weighted by atomic mass is 10.2. The Kier molecular flexibility index (Phi) is 1.89. The Labute approximate surface area is 59.1 Å². The van der Waals surface area contributed by atoms with Gasteiger partial charge in [0.15, 0.2) is 5.75 Å². The summed E-state index contributed by atoms with van der Waals surface area (Å²) in [6, 6.07) is 7.77. The predicted octanol–water partition coefficient (Wildman–Crippen LogP) is 1.67. The third-order valence-corrected chi connectivity index (χ3v) is 1.34. The highest BCUT2D eigenvalue weighted by molar-refractivity contribution is 5.33. The van der Waals surface area contributed by atoms with Gasteiger partial charge < -0.3 is 11.0 Å². The molecular weight excluding hydrogens is 130 g/mol. The monoisotopic (exact) mass is 139 g/mol. The van der Waals surface area contributed by atoms with Gasteiger partial charge >= 0.3 is 0 Å². The van der Waals surface area contributed by atoms with Crippen LogP contribution in [0.1, 0.15) is 5.56 Å². The number of para-hydroxylation sites is 1. The third-order valence-electron chi connectivity index (χ3n) is 1.34. The van der Waals surface area contributed by atoms with Crippen LogP contribution in [0.5, 0.6) is 5.75 Å². The molecule has 0 saturated heterocycles. The molecular formula is C7H9NO2. The van der Waals surface area contributed by atoms with Crippen molar-refractivity contribution in [1.29, 1.82) is 0 Å². The van der Waals surface area contributed by atoms with Crippen molar-refractivity contribution in [1.82, 2.24) is 6.15 Å². The van der Waals surface area contributed by atoms with Gasteiger partial charge in [0, 0.05) is 5.56 Å². The van der Waals surface area contributed by atoms with Gasteiger partial charge in [-0.05, 0) is 6.07 Å². The molecule has 3 nitrogen and oxygen atoms in total. The summed E-state index contributed by atoms with van der Waals surface area (Å²) in [6.45, 7) is 0.580. The second-order valence-corrected chi connectivity index (χ2v) is 1.95. The molecule has 1 aliphatic rings. The van der Waals surface area contributed by atoms with E-state index in [0.717, 1.165) is 11.3 Å². The van der Waals surface area contributed by atoms with Gasteiger partial charge in [0.2, 0.25) is 0 Å². The molecule has 2 rings (SSSR count). The fourth-order valence-corrected chi connectivity index (χ4v) is 0.861. The van der Waals surface area contributed by atoms with Gasteiger partial charge in [-0.25, -0.2) is 0 Å². The summed E-state index contributed by atoms with van der Waals surface area (Å²) in [4.78, 5) is 9.51. The first-order valence-corrected chi connectivity index (χ1v) is 2.84. The summed E-state index contributed by atoms with van der Waals surface area (Å²) in [5.74, 6) is 0.845. The molecule has 0 bridgehead atoms. The van der Waals surface area contributed by atoms with Crippen LogP contribution < -0.4 is 11.0 Å². The maximum Gasteiger partial charge on any atom is 0.171 e. The fourth-order valence-electron chi connectivity index (χ4n) is 0.861. The largest absolute Gasteiger partial charge is 0.344 e. The fraction of sp³-hybridized carbons (Fsp3) is 0.143. The van der Waals surface area contributed by atoms with Gasteiger partial charge in [0.25, 0.3) is 0 Å². The highest BCUT2D eigenvalue weighted by Crippen LogP contribution is 2.24. The number of fused-ring (bicyclic) bond motifs is 1. The predicted molar refractivity (Wildman–Crippen MR) is 36.9 cm³/mol. The van der Waals surface area contributed by atoms with E-state index in [1.165, 1.54) is 0 Å². The molecule has 1 aromatic carbocycles. The number of hydrogen-bond acceptors (Lipinski definition) is 3. The Morgan fingerprint density at radius 2 is 2.00 bits per heavy atom. The zero-order valence-electron chi connectivity index (χ0n) is 5.54. The van der Waals surface area contributed by atoms with Crippen LogP contribution in [0, 0.1) is 0 Å². The molecule has 10 heavy (non-hydrogen) atoms. The van der Waals surface area contributed by atoms with Gasteiger partial charge in [0.05, 0.1) is 0 Å². The molecule has 0 saturated carbocycles. The van der Waals surface area contributed by atoms with E-state index in [2.05, 4.69) is 0 Å². The minimum absolute atomic E-state index is 0. The molecule has 0 fully saturated rings. The lowest BCUT2D eigenvalue weighted by Crippen LogP contribution is -1.80. The molecule has 3 heteroatoms. The quantitative estimate of drug-likeness (QED) is 0.556. The highest BCUT2D eigenvalue weighted by Gasteiger charge is 2.10. The molecule has 1 aromatic rings. The Hall–Kier alpha value is -1.06. The van der Waals surface area contributed by atoms with Gasteiger partial charge in [-0.2, -0.15) is 4.89 Å². The van der Waals surface area contributed by atoms with Crippen molar-refractivity contribution in [3.05, 3.63) is 29.8 Å². The molecule has 0 aliphatic carbocycles. The number of hydrogen-bond donors (Lipinski definition) is 1. The first kappa shape index (κ1) is 7.05. The van der Waals surface area contributed by atoms with Crippen LogP contribution in [0.2, 0.25) is 0 Å². The lowest BCUT2D eigenvalue weighted by Gasteiger charge is -1.89. The van der Waals surface area contributed by atoms with E-state index in [4.69, 9.17) is 9.78 Å². The van der Waals surface area contributed by atoms with E-state index in [9.17, 15) is 0 Å². The van der Waals surface area contributed by atoms with Crippen molar-refractivity contribution in [3.63, 3.8) is 0 Å². The zero-order valence-corrected chi connectivity index (χ0v) is 5.54. The van der Waals surface area contributed by atoms with Crippen molar-refractivity contribution in [2.75, 3.05) is 0 Å². The molecule has 0 aromatic heterocycles. The van der Waals surface area contributed by atoms with Crippen molar-refractivity contribution < 1.29 is 9.78 Å². The van der Waals surface area contributed by atoms with Gasteiger partial charge in [0.1, 0.15) is 6.61 Å². The highest BCUT2D eigenvalue weighted by atomic mass is 17.2. The van der Waals surface area contributed by atoms with Gasteiger partial charge in [-0.1, -0.05) is 18.2 Å². The van der Waals surface area contributed by atoms with Crippen molar-refractivity contribution in [2.45, 2.75) is 6.61 Å². The van der Waals surface area contributed by atoms with Crippen LogP contribution in [0.15, 0.2) is 24.3 Å². The second-order valence-electron chi connectivity index (χ2n) is 1.95. The van der Waals surface area contributed by atoms with Crippen molar-refractivity contribution in [2.24, 2.45) is 0 Å². The summed E-state index contributed by atoms with van der Waals surface area (Å²) < 4.78 is 0. The lowest BCUT2D eigenvalue weighted by molar-refractivity contribution is -0.194. The van der Waals surface area contributed by atoms with Crippen LogP contribution in [-0.2, 0) is 11.5 Å². The van der Waals surface area contributed by atoms with Crippen LogP contribution >= 0.6 is 0 Å². The van der Waals surface area contributed by atoms with Crippen LogP contribution in [0.25, 0.3) is 0 Å². The molecule has 1 heterocycles. The SMILES string of the molecule is N.c1ccc2c(c1)COO2. The Bertz CT molecular complexity index is 202. The smallest absolute Gasteiger partial charge is 0.171 e. The summed E-state index contributed by atoms with van der Waals surface area (Å²) in [5.41, 5.74) is 1.12. The number of benzene rings is 1. The molecule has 0 amide bonds. The molecule has 0 unspecified atom stereocenters. The van der Waals surface area contributed by atoms with Crippen LogP contribution in [0.4, 0.5) is 0 Å². The zero-order chi connectivity index (χ0) is 6.10. The van der Waals surface area contributed by atoms with E-state index in [1.54, 1.807) is 0 Å². The topological polar surface area (TPSA) is 53.5 Å². The average molecular weight is 139 g/mol. The number of rotatable bonds is 0. The molecule has 3 N–H and O–H groups in total. The average Bonchev–Trinajstić information content (AvgIpc) is 2.33. The standard InChI is InChI=1S/C7H6O2.H3N/c1-2-4-7-6(3-1)5-8-9-7;/h1-4H,5H2;1H3. The minimum atomic E-state index is 0. The molecule has 54 valence electrons. The normalized spacial score (nSPS) is 13.2. The van der Waals surface area contributed by atoms with Crippen molar-refractivity contribution >= 4 is 0 Å². The first-order valence-electron chi connectivity index (χ1n) is 2.84. The third kappa shape index (κ3) is 0.964. The Balaban J connectivity index is 0.000000500. The summed E-state index contributed by atoms with van der Waals surface area (Å²) in [7, 11) is 0. The summed E-state index contributed by atoms with van der Waals surface area (Å²) in [6.07, 6.45) is 0. The maximum absolute atomic E-state index is 4.80. The molecule has 0 spiro atoms. The van der Waals surface area contributed by atoms with E-state index < -0.39 is 0 Å². The molecule has 0 atom stereocenters. The summed E-state index contributed by atoms with van der Waals surface area (Å²) >= 11 is 0. The maximum atomic E-state index is 4.80. The van der Waals surface area contributed by atoms with Crippen molar-refractivity contribution in [3.8, 4) is 5.75 Å². The molecule has 0 radical (unpaired) electrons. The van der Waals surface area contributed by atoms with Crippen LogP contribution in [0.3, 0.4) is 0 Å². The Morgan fingerprint density at radius 1 is 1.20 bits per heavy atom. The van der Waals surface area contributed by atoms with Gasteiger partial charge in [-0.15, -0.1) is 0 Å². The Morgan fingerprint density at radius 3 is 2.80 bits per heavy atom. The molecule has 1 aliphatic heterocycles. The van der Waals surface area contributed by atoms with Crippen LogP contribution in [-0.4, -0.2) is 0 Å². The first-order chi connectivity index (χ1) is 4.47. The van der Waals surface area contributed by atoms with E-state index in [1.807, 2.05) is 24.3 Å². The van der Waals surface area contributed by atoms with E-state index >= 15 is 0 Å².